The van der Waals surface area contributed by atoms with Gasteiger partial charge in [-0.05, 0) is 287 Å². The molecule has 0 atom stereocenters. The van der Waals surface area contributed by atoms with Crippen molar-refractivity contribution in [1.29, 1.82) is 0 Å². The summed E-state index contributed by atoms with van der Waals surface area (Å²) in [6, 6.07) is 74.4. The number of aromatic nitrogens is 3. The molecule has 0 saturated heterocycles. The highest BCUT2D eigenvalue weighted by atomic mass is 79.9. The third-order valence-electron chi connectivity index (χ3n) is 21.8. The number of benzene rings is 10. The number of allylic oxidation sites excluding steroid dienone is 3. The third-order valence-corrected chi connectivity index (χ3v) is 22.5. The molecule has 2 aliphatic carbocycles. The van der Waals surface area contributed by atoms with Gasteiger partial charge in [0.25, 0.3) is 23.6 Å². The van der Waals surface area contributed by atoms with E-state index in [1.165, 1.54) is 86.5 Å². The maximum absolute atomic E-state index is 13.2. The first kappa shape index (κ1) is 96.6. The number of amides is 4. The van der Waals surface area contributed by atoms with Gasteiger partial charge in [-0.15, -0.1) is 0 Å². The van der Waals surface area contributed by atoms with E-state index in [0.29, 0.717) is 18.8 Å². The summed E-state index contributed by atoms with van der Waals surface area (Å²) < 4.78 is 40.9. The summed E-state index contributed by atoms with van der Waals surface area (Å²) in [4.78, 5) is 85.5. The van der Waals surface area contributed by atoms with E-state index in [4.69, 9.17) is 18.9 Å². The van der Waals surface area contributed by atoms with Crippen LogP contribution in [0, 0.1) is 5.82 Å². The molecular weight excluding hydrogens is 1660 g/mol. The smallest absolute Gasteiger partial charge is 0.254 e. The number of nitrogens with one attached hydrogen (secondary N) is 2. The van der Waals surface area contributed by atoms with Crippen LogP contribution in [0.5, 0.6) is 23.0 Å². The maximum atomic E-state index is 13.2. The number of carbonyl (C=O) groups excluding carboxylic acids is 7. The molecule has 0 saturated carbocycles. The van der Waals surface area contributed by atoms with Crippen LogP contribution in [0.3, 0.4) is 0 Å². The van der Waals surface area contributed by atoms with E-state index in [0.717, 1.165) is 140 Å². The van der Waals surface area contributed by atoms with Crippen molar-refractivity contribution in [2.75, 3.05) is 34.7 Å². The summed E-state index contributed by atoms with van der Waals surface area (Å²) in [5.74, 6) is 2.03. The van der Waals surface area contributed by atoms with E-state index in [9.17, 15) is 38.0 Å². The first-order chi connectivity index (χ1) is 61.2. The van der Waals surface area contributed by atoms with Crippen LogP contribution in [0.25, 0.3) is 43.8 Å². The summed E-state index contributed by atoms with van der Waals surface area (Å²) in [7, 11) is 3.26. The molecule has 0 radical (unpaired) electrons. The number of anilines is 4. The normalized spacial score (nSPS) is 11.3. The highest BCUT2D eigenvalue weighted by molar-refractivity contribution is 9.10. The SMILES string of the molecule is C=CC(=O)N(c1ccc(OC)cc1)C(C)(C)CC.C=CC(=O)Nc1ccc(-c2ccccc2)c2c1CCC2.C=CC(=O)Nc1ccc(Br)c2c1CCC2.C=CC(=O)n1ccc2c(OCc3cccc(F)c3)cccc21.C=CC(=O)n1ccc2c(OCc3ccccc3)cccc21.C=CC(=O)n1ccc2ccccc21.CCC(=O)N(c1ccc(OC)cc1)C(C)(C)CC. The fraction of sp³-hybridized carbons (Fsp3) is 0.206. The molecule has 127 heavy (non-hydrogen) atoms. The average molecular weight is 1770 g/mol. The summed E-state index contributed by atoms with van der Waals surface area (Å²) >= 11 is 3.53. The van der Waals surface area contributed by atoms with Crippen molar-refractivity contribution in [3.63, 3.8) is 0 Å². The van der Waals surface area contributed by atoms with Crippen molar-refractivity contribution >= 4 is 113 Å². The van der Waals surface area contributed by atoms with Gasteiger partial charge in [0.2, 0.25) is 17.7 Å². The van der Waals surface area contributed by atoms with E-state index in [1.807, 2.05) is 208 Å². The van der Waals surface area contributed by atoms with Gasteiger partial charge in [-0.25, -0.2) is 4.39 Å². The predicted molar refractivity (Wildman–Crippen MR) is 518 cm³/mol. The Kier molecular flexibility index (Phi) is 35.8. The quantitative estimate of drug-likeness (QED) is 0.0545. The molecule has 3 heterocycles. The van der Waals surface area contributed by atoms with Crippen molar-refractivity contribution < 1.29 is 56.9 Å². The highest BCUT2D eigenvalue weighted by Crippen LogP contribution is 2.39. The van der Waals surface area contributed by atoms with Gasteiger partial charge in [0.15, 0.2) is 0 Å². The van der Waals surface area contributed by atoms with Crippen molar-refractivity contribution in [1.82, 2.24) is 13.7 Å². The molecule has 0 unspecified atom stereocenters. The molecule has 10 aromatic carbocycles. The Balaban J connectivity index is 0.000000168. The number of ether oxygens (including phenoxy) is 4. The second-order valence-corrected chi connectivity index (χ2v) is 31.5. The van der Waals surface area contributed by atoms with Crippen LogP contribution < -0.4 is 39.4 Å². The Labute approximate surface area is 752 Å². The lowest BCUT2D eigenvalue weighted by Gasteiger charge is -2.38. The molecule has 15 rings (SSSR count). The summed E-state index contributed by atoms with van der Waals surface area (Å²) in [6.07, 6.45) is 21.8. The molecule has 0 bridgehead atoms. The molecule has 0 fully saturated rings. The van der Waals surface area contributed by atoms with Gasteiger partial charge < -0.3 is 39.4 Å². The van der Waals surface area contributed by atoms with Gasteiger partial charge in [0, 0.05) is 79.5 Å². The Morgan fingerprint density at radius 1 is 0.441 bits per heavy atom. The number of rotatable bonds is 24. The van der Waals surface area contributed by atoms with Gasteiger partial charge in [-0.2, -0.15) is 0 Å². The number of nitrogens with zero attached hydrogens (tertiary/aromatic N) is 5. The van der Waals surface area contributed by atoms with Gasteiger partial charge in [-0.1, -0.05) is 185 Å². The summed E-state index contributed by atoms with van der Waals surface area (Å²) in [5, 5.41) is 8.57. The number of para-hydroxylation sites is 1. The van der Waals surface area contributed by atoms with E-state index in [-0.39, 0.29) is 64.9 Å². The zero-order chi connectivity index (χ0) is 91.7. The minimum Gasteiger partial charge on any atom is -0.497 e. The summed E-state index contributed by atoms with van der Waals surface area (Å²) in [5.41, 5.74) is 15.3. The van der Waals surface area contributed by atoms with Gasteiger partial charge >= 0.3 is 0 Å². The standard InChI is InChI=1S/C18H14FNO2.C18H15NO2.C18H17NO.C15H23NO2.C15H21NO2.C12H12BrNO.C11H9NO/c1-2-18(21)20-10-9-15-16(20)7-4-8-17(15)22-12-13-5-3-6-14(19)11-13;1-2-18(20)19-12-11-15-16(19)9-6-10-17(15)21-13-14-7-4-3-5-8-14;1-2-18(20)19-17-12-11-14(13-7-4-3-5-8-13)15-9-6-10-16(15)17;2*1-6-14(17)16(15(3,4)7-2)12-8-10-13(18-5)11-9-12;1-2-12(15)14-11-7-6-10(13)8-4-3-5-9(8)11;1-2-11(13)12-8-7-9-5-3-4-6-10(9)12/h2-11H,1,12H2;2-12H,1,13H2;2-5,7-8,11-12H,1,6,9-10H2,(H,19,20);8-11H,6-7H2,1-5H3;6,8-11H,1,7H2,2-5H3;2,6-7H,1,3-5H2,(H,14,15);2-8H,1H2. The largest absolute Gasteiger partial charge is 0.497 e. The average Bonchev–Trinajstić information content (AvgIpc) is 1.45. The number of hydrogen-bond donors (Lipinski definition) is 2. The Bertz CT molecular complexity index is 6040. The molecule has 4 amide bonds. The van der Waals surface area contributed by atoms with Crippen molar-refractivity contribution in [3.8, 4) is 34.1 Å². The molecule has 20 heteroatoms. The molecule has 654 valence electrons. The zero-order valence-corrected chi connectivity index (χ0v) is 75.3. The topological polar surface area (TPSA) is 202 Å². The Hall–Kier alpha value is -14.2. The lowest BCUT2D eigenvalue weighted by Crippen LogP contribution is -2.47. The van der Waals surface area contributed by atoms with E-state index >= 15 is 0 Å². The Morgan fingerprint density at radius 3 is 1.35 bits per heavy atom. The van der Waals surface area contributed by atoms with Gasteiger partial charge in [-0.3, -0.25) is 47.3 Å². The van der Waals surface area contributed by atoms with Crippen LogP contribution in [0.4, 0.5) is 27.1 Å². The first-order valence-electron chi connectivity index (χ1n) is 42.0. The molecule has 18 nitrogen and oxygen atoms in total. The maximum Gasteiger partial charge on any atom is 0.254 e. The minimum atomic E-state index is -0.290. The number of hydrogen-bond acceptors (Lipinski definition) is 11. The van der Waals surface area contributed by atoms with Gasteiger partial charge in [0.05, 0.1) is 30.8 Å². The zero-order valence-electron chi connectivity index (χ0n) is 73.7. The number of carbonyl (C=O) groups is 7. The van der Waals surface area contributed by atoms with Crippen molar-refractivity contribution in [3.05, 3.63) is 375 Å². The number of methoxy groups -OCH3 is 2. The molecular formula is C107H111BrFN7O11. The van der Waals surface area contributed by atoms with Crippen molar-refractivity contribution in [2.24, 2.45) is 0 Å². The van der Waals surface area contributed by atoms with Crippen molar-refractivity contribution in [2.45, 2.75) is 131 Å². The molecule has 0 aliphatic heterocycles. The van der Waals surface area contributed by atoms with Gasteiger partial charge in [0.1, 0.15) is 42.0 Å². The lowest BCUT2D eigenvalue weighted by atomic mass is 9.96. The minimum absolute atomic E-state index is 0.0907. The first-order valence-corrected chi connectivity index (χ1v) is 42.8. The third kappa shape index (κ3) is 25.5. The van der Waals surface area contributed by atoms with Crippen LogP contribution >= 0.6 is 15.9 Å². The Morgan fingerprint density at radius 2 is 0.866 bits per heavy atom. The number of fused-ring (bicyclic) bond motifs is 5. The molecule has 2 N–H and O–H groups in total. The van der Waals surface area contributed by atoms with Crippen LogP contribution in [-0.4, -0.2) is 80.3 Å². The van der Waals surface area contributed by atoms with Crippen LogP contribution in [0.2, 0.25) is 0 Å². The van der Waals surface area contributed by atoms with Crippen LogP contribution in [0.15, 0.2) is 336 Å². The van der Waals surface area contributed by atoms with E-state index in [2.05, 4.69) is 124 Å². The molecule has 3 aromatic heterocycles. The number of halogens is 2. The highest BCUT2D eigenvalue weighted by Gasteiger charge is 2.31. The van der Waals surface area contributed by atoms with Crippen LogP contribution in [0.1, 0.15) is 128 Å². The van der Waals surface area contributed by atoms with Crippen LogP contribution in [-0.2, 0) is 58.1 Å². The fourth-order valence-electron chi connectivity index (χ4n) is 14.5. The summed E-state index contributed by atoms with van der Waals surface area (Å²) in [6.45, 7) is 36.1. The lowest BCUT2D eigenvalue weighted by molar-refractivity contribution is -0.119. The fourth-order valence-corrected chi connectivity index (χ4v) is 15.1. The molecule has 0 spiro atoms. The van der Waals surface area contributed by atoms with E-state index < -0.39 is 0 Å². The monoisotopic (exact) mass is 1770 g/mol. The second-order valence-electron chi connectivity index (χ2n) is 30.6. The second kappa shape index (κ2) is 47.0. The van der Waals surface area contributed by atoms with E-state index in [1.54, 1.807) is 59.0 Å². The predicted octanol–water partition coefficient (Wildman–Crippen LogP) is 24.8. The molecule has 13 aromatic rings. The molecule has 2 aliphatic rings.